The Morgan fingerprint density at radius 1 is 1.35 bits per heavy atom. The topological polar surface area (TPSA) is 47.6 Å². The highest BCUT2D eigenvalue weighted by Gasteiger charge is 2.11. The second-order valence-corrected chi connectivity index (χ2v) is 3.59. The third-order valence-corrected chi connectivity index (χ3v) is 2.20. The molecular formula is C13H19NO3. The number of nitrogens with one attached hydrogen (secondary N) is 1. The van der Waals surface area contributed by atoms with Crippen LogP contribution >= 0.6 is 0 Å². The molecule has 0 spiro atoms. The van der Waals surface area contributed by atoms with E-state index in [1.807, 2.05) is 30.3 Å². The molecule has 0 aliphatic rings. The molecule has 0 fully saturated rings. The minimum Gasteiger partial charge on any atom is -0.492 e. The SMILES string of the molecule is CCOC(=O)C(C)NCCOc1ccccc1. The first-order valence-corrected chi connectivity index (χ1v) is 5.82. The number of hydrogen-bond donors (Lipinski definition) is 1. The van der Waals surface area contributed by atoms with Crippen molar-refractivity contribution in [2.24, 2.45) is 0 Å². The molecule has 0 saturated carbocycles. The van der Waals surface area contributed by atoms with Gasteiger partial charge in [-0.05, 0) is 26.0 Å². The minimum absolute atomic E-state index is 0.229. The summed E-state index contributed by atoms with van der Waals surface area (Å²) in [6.45, 7) is 5.11. The molecule has 1 N–H and O–H groups in total. The first kappa shape index (κ1) is 13.5. The van der Waals surface area contributed by atoms with Crippen LogP contribution in [0.15, 0.2) is 30.3 Å². The van der Waals surface area contributed by atoms with Gasteiger partial charge in [0.1, 0.15) is 18.4 Å². The zero-order valence-electron chi connectivity index (χ0n) is 10.3. The van der Waals surface area contributed by atoms with Crippen molar-refractivity contribution >= 4 is 5.97 Å². The van der Waals surface area contributed by atoms with Gasteiger partial charge in [-0.15, -0.1) is 0 Å². The third kappa shape index (κ3) is 5.36. The van der Waals surface area contributed by atoms with E-state index < -0.39 is 0 Å². The van der Waals surface area contributed by atoms with Crippen LogP contribution in [0.4, 0.5) is 0 Å². The van der Waals surface area contributed by atoms with Crippen molar-refractivity contribution in [3.8, 4) is 5.75 Å². The highest BCUT2D eigenvalue weighted by atomic mass is 16.5. The summed E-state index contributed by atoms with van der Waals surface area (Å²) >= 11 is 0. The number of para-hydroxylation sites is 1. The summed E-state index contributed by atoms with van der Waals surface area (Å²) in [6, 6.07) is 9.28. The van der Waals surface area contributed by atoms with Gasteiger partial charge in [0, 0.05) is 6.54 Å². The molecule has 4 heteroatoms. The van der Waals surface area contributed by atoms with Crippen LogP contribution in [0.2, 0.25) is 0 Å². The highest BCUT2D eigenvalue weighted by Crippen LogP contribution is 2.07. The number of ether oxygens (including phenoxy) is 2. The predicted octanol–water partition coefficient (Wildman–Crippen LogP) is 1.61. The maximum absolute atomic E-state index is 11.3. The van der Waals surface area contributed by atoms with Gasteiger partial charge < -0.3 is 14.8 Å². The van der Waals surface area contributed by atoms with Gasteiger partial charge >= 0.3 is 5.97 Å². The van der Waals surface area contributed by atoms with Gasteiger partial charge in [-0.2, -0.15) is 0 Å². The van der Waals surface area contributed by atoms with Gasteiger partial charge in [-0.1, -0.05) is 18.2 Å². The maximum atomic E-state index is 11.3. The van der Waals surface area contributed by atoms with Crippen LogP contribution in [0.1, 0.15) is 13.8 Å². The van der Waals surface area contributed by atoms with E-state index >= 15 is 0 Å². The number of hydrogen-bond acceptors (Lipinski definition) is 4. The van der Waals surface area contributed by atoms with Crippen molar-refractivity contribution in [2.45, 2.75) is 19.9 Å². The van der Waals surface area contributed by atoms with Gasteiger partial charge in [0.25, 0.3) is 0 Å². The molecule has 0 aliphatic heterocycles. The summed E-state index contributed by atoms with van der Waals surface area (Å²) in [4.78, 5) is 11.3. The van der Waals surface area contributed by atoms with Gasteiger partial charge in [-0.3, -0.25) is 4.79 Å². The van der Waals surface area contributed by atoms with E-state index in [1.165, 1.54) is 0 Å². The number of carbonyl (C=O) groups excluding carboxylic acids is 1. The summed E-state index contributed by atoms with van der Waals surface area (Å²) in [5.74, 6) is 0.602. The highest BCUT2D eigenvalue weighted by molar-refractivity contribution is 5.75. The van der Waals surface area contributed by atoms with Crippen molar-refractivity contribution in [3.63, 3.8) is 0 Å². The lowest BCUT2D eigenvalue weighted by atomic mass is 10.3. The standard InChI is InChI=1S/C13H19NO3/c1-3-16-13(15)11(2)14-9-10-17-12-7-5-4-6-8-12/h4-8,11,14H,3,9-10H2,1-2H3. The van der Waals surface area contributed by atoms with Crippen LogP contribution in [0.25, 0.3) is 0 Å². The van der Waals surface area contributed by atoms with E-state index in [4.69, 9.17) is 9.47 Å². The minimum atomic E-state index is -0.297. The molecule has 1 unspecified atom stereocenters. The largest absolute Gasteiger partial charge is 0.492 e. The first-order valence-electron chi connectivity index (χ1n) is 5.82. The lowest BCUT2D eigenvalue weighted by molar-refractivity contribution is -0.145. The molecule has 0 radical (unpaired) electrons. The smallest absolute Gasteiger partial charge is 0.322 e. The van der Waals surface area contributed by atoms with E-state index in [0.717, 1.165) is 5.75 Å². The molecule has 1 aromatic rings. The fourth-order valence-corrected chi connectivity index (χ4v) is 1.31. The Hall–Kier alpha value is -1.55. The number of carbonyl (C=O) groups is 1. The number of benzene rings is 1. The number of rotatable bonds is 7. The molecule has 0 saturated heterocycles. The van der Waals surface area contributed by atoms with Crippen LogP contribution in [0, 0.1) is 0 Å². The van der Waals surface area contributed by atoms with Crippen molar-refractivity contribution in [3.05, 3.63) is 30.3 Å². The molecule has 0 amide bonds. The van der Waals surface area contributed by atoms with Crippen LogP contribution < -0.4 is 10.1 Å². The Balaban J connectivity index is 2.14. The second-order valence-electron chi connectivity index (χ2n) is 3.59. The summed E-state index contributed by atoms with van der Waals surface area (Å²) in [5, 5.41) is 3.04. The Kier molecular flexibility index (Phi) is 6.10. The molecule has 0 aliphatic carbocycles. The van der Waals surface area contributed by atoms with Gasteiger partial charge in [0.05, 0.1) is 6.61 Å². The Labute approximate surface area is 102 Å². The molecule has 0 aromatic heterocycles. The van der Waals surface area contributed by atoms with E-state index in [2.05, 4.69) is 5.32 Å². The quantitative estimate of drug-likeness (QED) is 0.578. The van der Waals surface area contributed by atoms with Crippen molar-refractivity contribution in [1.29, 1.82) is 0 Å². The maximum Gasteiger partial charge on any atom is 0.322 e. The lowest BCUT2D eigenvalue weighted by Crippen LogP contribution is -2.37. The second kappa shape index (κ2) is 7.68. The van der Waals surface area contributed by atoms with Gasteiger partial charge in [0.15, 0.2) is 0 Å². The molecule has 94 valence electrons. The van der Waals surface area contributed by atoms with Crippen LogP contribution in [-0.2, 0) is 9.53 Å². The van der Waals surface area contributed by atoms with Crippen molar-refractivity contribution in [1.82, 2.24) is 5.32 Å². The zero-order valence-corrected chi connectivity index (χ0v) is 10.3. The van der Waals surface area contributed by atoms with E-state index in [0.29, 0.717) is 19.8 Å². The first-order chi connectivity index (χ1) is 8.24. The zero-order chi connectivity index (χ0) is 12.5. The van der Waals surface area contributed by atoms with Gasteiger partial charge in [0.2, 0.25) is 0 Å². The van der Waals surface area contributed by atoms with E-state index in [1.54, 1.807) is 13.8 Å². The van der Waals surface area contributed by atoms with Crippen LogP contribution in [0.3, 0.4) is 0 Å². The molecule has 17 heavy (non-hydrogen) atoms. The fraction of sp³-hybridized carbons (Fsp3) is 0.462. The van der Waals surface area contributed by atoms with E-state index in [9.17, 15) is 4.79 Å². The Morgan fingerprint density at radius 2 is 2.06 bits per heavy atom. The molecule has 1 aromatic carbocycles. The monoisotopic (exact) mass is 237 g/mol. The summed E-state index contributed by atoms with van der Waals surface area (Å²) in [6.07, 6.45) is 0. The molecule has 0 heterocycles. The van der Waals surface area contributed by atoms with Gasteiger partial charge in [-0.25, -0.2) is 0 Å². The predicted molar refractivity (Wildman–Crippen MR) is 66.0 cm³/mol. The summed E-state index contributed by atoms with van der Waals surface area (Å²) < 4.78 is 10.4. The average molecular weight is 237 g/mol. The molecule has 4 nitrogen and oxygen atoms in total. The lowest BCUT2D eigenvalue weighted by Gasteiger charge is -2.12. The fourth-order valence-electron chi connectivity index (χ4n) is 1.31. The molecular weight excluding hydrogens is 218 g/mol. The van der Waals surface area contributed by atoms with Crippen LogP contribution in [0.5, 0.6) is 5.75 Å². The summed E-state index contributed by atoms with van der Waals surface area (Å²) in [7, 11) is 0. The van der Waals surface area contributed by atoms with E-state index in [-0.39, 0.29) is 12.0 Å². The number of esters is 1. The average Bonchev–Trinajstić information content (AvgIpc) is 2.36. The molecule has 1 atom stereocenters. The third-order valence-electron chi connectivity index (χ3n) is 2.20. The normalized spacial score (nSPS) is 11.9. The van der Waals surface area contributed by atoms with Crippen molar-refractivity contribution < 1.29 is 14.3 Å². The Bertz CT molecular complexity index is 327. The van der Waals surface area contributed by atoms with Crippen LogP contribution in [-0.4, -0.2) is 31.8 Å². The summed E-state index contributed by atoms with van der Waals surface area (Å²) in [5.41, 5.74) is 0. The Morgan fingerprint density at radius 3 is 2.71 bits per heavy atom. The van der Waals surface area contributed by atoms with Crippen molar-refractivity contribution in [2.75, 3.05) is 19.8 Å². The molecule has 0 bridgehead atoms. The molecule has 1 rings (SSSR count).